The normalized spacial score (nSPS) is 13.2. The van der Waals surface area contributed by atoms with Crippen LogP contribution in [0.1, 0.15) is 24.9 Å². The number of nitrogens with two attached hydrogens (primary N) is 1. The van der Waals surface area contributed by atoms with Gasteiger partial charge in [0.2, 0.25) is 0 Å². The van der Waals surface area contributed by atoms with Crippen molar-refractivity contribution < 1.29 is 0 Å². The van der Waals surface area contributed by atoms with E-state index < -0.39 is 0 Å². The summed E-state index contributed by atoms with van der Waals surface area (Å²) in [5, 5.41) is 6.10. The van der Waals surface area contributed by atoms with Crippen LogP contribution in [-0.4, -0.2) is 13.1 Å². The third kappa shape index (κ3) is 3.43. The van der Waals surface area contributed by atoms with Gasteiger partial charge in [-0.2, -0.15) is 0 Å². The lowest BCUT2D eigenvalue weighted by molar-refractivity contribution is 0.551. The molecule has 100 valence electrons. The van der Waals surface area contributed by atoms with Crippen molar-refractivity contribution in [2.24, 2.45) is 5.73 Å². The molecule has 0 bridgehead atoms. The van der Waals surface area contributed by atoms with Gasteiger partial charge in [0.25, 0.3) is 0 Å². The lowest BCUT2D eigenvalue weighted by atomic mass is 9.98. The quantitative estimate of drug-likeness (QED) is 0.612. The van der Waals surface area contributed by atoms with Crippen molar-refractivity contribution in [1.82, 2.24) is 5.32 Å². The summed E-state index contributed by atoms with van der Waals surface area (Å²) in [4.78, 5) is 0. The van der Waals surface area contributed by atoms with E-state index in [9.17, 15) is 0 Å². The zero-order valence-electron chi connectivity index (χ0n) is 11.5. The van der Waals surface area contributed by atoms with Crippen molar-refractivity contribution in [3.8, 4) is 0 Å². The largest absolute Gasteiger partial charge is 0.329 e. The Bertz CT molecular complexity index is 540. The summed E-state index contributed by atoms with van der Waals surface area (Å²) >= 11 is 0. The molecule has 1 unspecified atom stereocenters. The number of benzene rings is 2. The summed E-state index contributed by atoms with van der Waals surface area (Å²) in [7, 11) is 0. The number of allylic oxidation sites excluding steroid dienone is 1. The van der Waals surface area contributed by atoms with Crippen molar-refractivity contribution in [3.63, 3.8) is 0 Å². The topological polar surface area (TPSA) is 38.0 Å². The molecule has 0 fully saturated rings. The Kier molecular flexibility index (Phi) is 5.13. The lowest BCUT2D eigenvalue weighted by Gasteiger charge is -2.19. The predicted molar refractivity (Wildman–Crippen MR) is 83.2 cm³/mol. The molecular formula is C17H22N2. The summed E-state index contributed by atoms with van der Waals surface area (Å²) < 4.78 is 0. The average molecular weight is 254 g/mol. The Hall–Kier alpha value is -1.64. The Morgan fingerprint density at radius 1 is 1.16 bits per heavy atom. The van der Waals surface area contributed by atoms with Crippen molar-refractivity contribution in [1.29, 1.82) is 0 Å². The van der Waals surface area contributed by atoms with Gasteiger partial charge in [-0.3, -0.25) is 0 Å². The maximum atomic E-state index is 5.93. The average Bonchev–Trinajstić information content (AvgIpc) is 2.47. The molecule has 0 heterocycles. The minimum absolute atomic E-state index is 0.219. The van der Waals surface area contributed by atoms with Crippen LogP contribution in [0.3, 0.4) is 0 Å². The fraction of sp³-hybridized carbons (Fsp3) is 0.294. The molecular weight excluding hydrogens is 232 g/mol. The second kappa shape index (κ2) is 7.07. The van der Waals surface area contributed by atoms with Gasteiger partial charge in [0.05, 0.1) is 0 Å². The summed E-state index contributed by atoms with van der Waals surface area (Å²) in [6.07, 6.45) is 5.29. The molecule has 0 aliphatic heterocycles. The summed E-state index contributed by atoms with van der Waals surface area (Å²) in [6.45, 7) is 3.62. The standard InChI is InChI=1S/C17H22N2/c1-2-3-6-12-19-17(13-18)16-11-7-9-14-8-4-5-10-15(14)16/h2-5,7-11,17,19H,6,12-13,18H2,1H3/b3-2+. The minimum atomic E-state index is 0.219. The molecule has 0 radical (unpaired) electrons. The number of fused-ring (bicyclic) bond motifs is 1. The smallest absolute Gasteiger partial charge is 0.0450 e. The summed E-state index contributed by atoms with van der Waals surface area (Å²) in [5.41, 5.74) is 7.22. The Morgan fingerprint density at radius 3 is 2.74 bits per heavy atom. The number of hydrogen-bond acceptors (Lipinski definition) is 2. The Balaban J connectivity index is 2.20. The fourth-order valence-corrected chi connectivity index (χ4v) is 2.38. The monoisotopic (exact) mass is 254 g/mol. The summed E-state index contributed by atoms with van der Waals surface area (Å²) in [5.74, 6) is 0. The van der Waals surface area contributed by atoms with Crippen molar-refractivity contribution in [2.75, 3.05) is 13.1 Å². The van der Waals surface area contributed by atoms with E-state index in [2.05, 4.69) is 59.9 Å². The van der Waals surface area contributed by atoms with Crippen molar-refractivity contribution in [3.05, 3.63) is 60.2 Å². The number of nitrogens with one attached hydrogen (secondary N) is 1. The molecule has 0 aliphatic rings. The van der Waals surface area contributed by atoms with Gasteiger partial charge >= 0.3 is 0 Å². The first-order chi connectivity index (χ1) is 9.36. The Morgan fingerprint density at radius 2 is 1.95 bits per heavy atom. The molecule has 3 N–H and O–H groups in total. The van der Waals surface area contributed by atoms with E-state index in [0.717, 1.165) is 13.0 Å². The van der Waals surface area contributed by atoms with E-state index in [-0.39, 0.29) is 6.04 Å². The van der Waals surface area contributed by atoms with Crippen LogP contribution in [0.25, 0.3) is 10.8 Å². The van der Waals surface area contributed by atoms with E-state index in [4.69, 9.17) is 5.73 Å². The molecule has 1 atom stereocenters. The van der Waals surface area contributed by atoms with Gasteiger partial charge in [-0.05, 0) is 36.2 Å². The molecule has 0 aliphatic carbocycles. The highest BCUT2D eigenvalue weighted by Gasteiger charge is 2.11. The van der Waals surface area contributed by atoms with Crippen LogP contribution in [0, 0.1) is 0 Å². The van der Waals surface area contributed by atoms with Gasteiger partial charge in [0.1, 0.15) is 0 Å². The molecule has 2 aromatic rings. The fourth-order valence-electron chi connectivity index (χ4n) is 2.38. The zero-order chi connectivity index (χ0) is 13.5. The van der Waals surface area contributed by atoms with Crippen LogP contribution >= 0.6 is 0 Å². The zero-order valence-corrected chi connectivity index (χ0v) is 11.5. The molecule has 19 heavy (non-hydrogen) atoms. The predicted octanol–water partition coefficient (Wildman–Crippen LogP) is 3.40. The molecule has 2 aromatic carbocycles. The van der Waals surface area contributed by atoms with E-state index in [1.807, 2.05) is 6.92 Å². The van der Waals surface area contributed by atoms with Crippen LogP contribution in [0.2, 0.25) is 0 Å². The van der Waals surface area contributed by atoms with Crippen LogP contribution in [0.5, 0.6) is 0 Å². The van der Waals surface area contributed by atoms with E-state index in [1.165, 1.54) is 16.3 Å². The highest BCUT2D eigenvalue weighted by Crippen LogP contribution is 2.23. The molecule has 2 nitrogen and oxygen atoms in total. The molecule has 2 rings (SSSR count). The van der Waals surface area contributed by atoms with Gasteiger partial charge in [-0.15, -0.1) is 0 Å². The van der Waals surface area contributed by atoms with Gasteiger partial charge < -0.3 is 11.1 Å². The summed E-state index contributed by atoms with van der Waals surface area (Å²) in [6, 6.07) is 15.1. The lowest BCUT2D eigenvalue weighted by Crippen LogP contribution is -2.29. The minimum Gasteiger partial charge on any atom is -0.329 e. The molecule has 0 amide bonds. The second-order valence-corrected chi connectivity index (χ2v) is 4.67. The Labute approximate surface area is 115 Å². The van der Waals surface area contributed by atoms with Crippen LogP contribution in [-0.2, 0) is 0 Å². The van der Waals surface area contributed by atoms with E-state index >= 15 is 0 Å². The van der Waals surface area contributed by atoms with E-state index in [1.54, 1.807) is 0 Å². The van der Waals surface area contributed by atoms with Crippen molar-refractivity contribution in [2.45, 2.75) is 19.4 Å². The van der Waals surface area contributed by atoms with Crippen LogP contribution < -0.4 is 11.1 Å². The third-order valence-electron chi connectivity index (χ3n) is 3.37. The van der Waals surface area contributed by atoms with Gasteiger partial charge in [0.15, 0.2) is 0 Å². The molecule has 0 saturated heterocycles. The molecule has 2 heteroatoms. The number of rotatable bonds is 6. The van der Waals surface area contributed by atoms with Crippen LogP contribution in [0.4, 0.5) is 0 Å². The second-order valence-electron chi connectivity index (χ2n) is 4.67. The molecule has 0 saturated carbocycles. The van der Waals surface area contributed by atoms with Gasteiger partial charge in [0, 0.05) is 12.6 Å². The first-order valence-electron chi connectivity index (χ1n) is 6.89. The van der Waals surface area contributed by atoms with Crippen molar-refractivity contribution >= 4 is 10.8 Å². The highest BCUT2D eigenvalue weighted by atomic mass is 14.9. The van der Waals surface area contributed by atoms with Crippen LogP contribution in [0.15, 0.2) is 54.6 Å². The maximum absolute atomic E-state index is 5.93. The number of hydrogen-bond donors (Lipinski definition) is 2. The van der Waals surface area contributed by atoms with Gasteiger partial charge in [-0.1, -0.05) is 54.6 Å². The highest BCUT2D eigenvalue weighted by molar-refractivity contribution is 5.86. The van der Waals surface area contributed by atoms with Gasteiger partial charge in [-0.25, -0.2) is 0 Å². The molecule has 0 aromatic heterocycles. The SMILES string of the molecule is C/C=C/CCNC(CN)c1cccc2ccccc12. The first-order valence-corrected chi connectivity index (χ1v) is 6.89. The van der Waals surface area contributed by atoms with E-state index in [0.29, 0.717) is 6.54 Å². The molecule has 0 spiro atoms. The first kappa shape index (κ1) is 13.8. The maximum Gasteiger partial charge on any atom is 0.0450 e. The third-order valence-corrected chi connectivity index (χ3v) is 3.37.